The van der Waals surface area contributed by atoms with Crippen molar-refractivity contribution >= 4 is 34.1 Å². The fourth-order valence-corrected chi connectivity index (χ4v) is 2.73. The fourth-order valence-electron chi connectivity index (χ4n) is 2.73. The molecule has 1 atom stereocenters. The topological polar surface area (TPSA) is 77.5 Å². The average molecular weight is 312 g/mol. The van der Waals surface area contributed by atoms with E-state index >= 15 is 0 Å². The average Bonchev–Trinajstić information content (AvgIpc) is 2.57. The number of benzene rings is 1. The maximum Gasteiger partial charge on any atom is 0.338 e. The summed E-state index contributed by atoms with van der Waals surface area (Å²) in [6.07, 6.45) is 3.22. The smallest absolute Gasteiger partial charge is 0.338 e. The maximum absolute atomic E-state index is 12.2. The lowest BCUT2D eigenvalue weighted by molar-refractivity contribution is -0.143. The monoisotopic (exact) mass is 312 g/mol. The van der Waals surface area contributed by atoms with E-state index < -0.39 is 17.5 Å². The van der Waals surface area contributed by atoms with E-state index in [-0.39, 0.29) is 0 Å². The van der Waals surface area contributed by atoms with Crippen LogP contribution in [0.25, 0.3) is 16.5 Å². The van der Waals surface area contributed by atoms with Gasteiger partial charge in [-0.2, -0.15) is 0 Å². The molecule has 1 aliphatic rings. The van der Waals surface area contributed by atoms with Crippen molar-refractivity contribution in [3.63, 3.8) is 0 Å². The standard InChI is InChI=1S/C17H16N2O4/c1-17(16(21)23-3)9-12(15(20)22-2)11-8-13-10(5-4-6-18-13)7-14(11)19-17/h4-9,19H,1-3H3. The van der Waals surface area contributed by atoms with Crippen LogP contribution in [0.1, 0.15) is 12.5 Å². The van der Waals surface area contributed by atoms with Gasteiger partial charge < -0.3 is 14.8 Å². The van der Waals surface area contributed by atoms with Crippen molar-refractivity contribution in [1.82, 2.24) is 4.98 Å². The number of esters is 2. The Morgan fingerprint density at radius 1 is 1.22 bits per heavy atom. The molecular weight excluding hydrogens is 296 g/mol. The molecule has 6 nitrogen and oxygen atoms in total. The first-order chi connectivity index (χ1) is 11.0. The van der Waals surface area contributed by atoms with Crippen LogP contribution >= 0.6 is 0 Å². The maximum atomic E-state index is 12.2. The highest BCUT2D eigenvalue weighted by Crippen LogP contribution is 2.37. The van der Waals surface area contributed by atoms with E-state index in [2.05, 4.69) is 10.3 Å². The summed E-state index contributed by atoms with van der Waals surface area (Å²) >= 11 is 0. The van der Waals surface area contributed by atoms with Gasteiger partial charge in [0.2, 0.25) is 0 Å². The van der Waals surface area contributed by atoms with Gasteiger partial charge >= 0.3 is 11.9 Å². The van der Waals surface area contributed by atoms with Crippen LogP contribution in [0.3, 0.4) is 0 Å². The number of anilines is 1. The molecule has 0 radical (unpaired) electrons. The Kier molecular flexibility index (Phi) is 3.52. The minimum Gasteiger partial charge on any atom is -0.467 e. The molecule has 1 aliphatic heterocycles. The molecule has 1 aromatic heterocycles. The minimum absolute atomic E-state index is 0.307. The van der Waals surface area contributed by atoms with Crippen LogP contribution in [-0.2, 0) is 19.1 Å². The number of carbonyl (C=O) groups excluding carboxylic acids is 2. The van der Waals surface area contributed by atoms with Crippen molar-refractivity contribution in [3.8, 4) is 0 Å². The lowest BCUT2D eigenvalue weighted by atomic mass is 9.88. The molecule has 118 valence electrons. The number of hydrogen-bond acceptors (Lipinski definition) is 6. The molecule has 0 fully saturated rings. The van der Waals surface area contributed by atoms with Gasteiger partial charge in [0.25, 0.3) is 0 Å². The molecule has 0 amide bonds. The third kappa shape index (κ3) is 2.42. The number of rotatable bonds is 2. The first-order valence-corrected chi connectivity index (χ1v) is 7.05. The highest BCUT2D eigenvalue weighted by atomic mass is 16.5. The van der Waals surface area contributed by atoms with Crippen molar-refractivity contribution in [2.45, 2.75) is 12.5 Å². The summed E-state index contributed by atoms with van der Waals surface area (Å²) in [5, 5.41) is 4.04. The van der Waals surface area contributed by atoms with E-state index in [1.165, 1.54) is 20.3 Å². The second-order valence-corrected chi connectivity index (χ2v) is 5.46. The number of methoxy groups -OCH3 is 2. The highest BCUT2D eigenvalue weighted by molar-refractivity contribution is 6.21. The first kappa shape index (κ1) is 15.0. The molecule has 1 aromatic carbocycles. The van der Waals surface area contributed by atoms with Crippen molar-refractivity contribution in [3.05, 3.63) is 42.1 Å². The molecule has 1 unspecified atom stereocenters. The molecular formula is C17H16N2O4. The lowest BCUT2D eigenvalue weighted by Crippen LogP contribution is -2.45. The van der Waals surface area contributed by atoms with Crippen LogP contribution in [-0.4, -0.2) is 36.7 Å². The molecule has 0 spiro atoms. The molecule has 2 heterocycles. The number of nitrogens with one attached hydrogen (secondary N) is 1. The molecule has 2 aromatic rings. The van der Waals surface area contributed by atoms with Gasteiger partial charge in [0.05, 0.1) is 25.3 Å². The molecule has 0 saturated carbocycles. The third-order valence-corrected chi connectivity index (χ3v) is 3.87. The molecule has 6 heteroatoms. The molecule has 0 aliphatic carbocycles. The summed E-state index contributed by atoms with van der Waals surface area (Å²) in [5.74, 6) is -1.01. The summed E-state index contributed by atoms with van der Waals surface area (Å²) in [5.41, 5.74) is 1.21. The summed E-state index contributed by atoms with van der Waals surface area (Å²) in [4.78, 5) is 28.6. The molecule has 1 N–H and O–H groups in total. The van der Waals surface area contributed by atoms with Crippen LogP contribution in [0.2, 0.25) is 0 Å². The van der Waals surface area contributed by atoms with Gasteiger partial charge in [0.15, 0.2) is 5.54 Å². The molecule has 0 bridgehead atoms. The SMILES string of the molecule is COC(=O)C1=CC(C)(C(=O)OC)Nc2cc3cccnc3cc21. The summed E-state index contributed by atoms with van der Waals surface area (Å²) in [6.45, 7) is 1.65. The number of nitrogens with zero attached hydrogens (tertiary/aromatic N) is 1. The molecule has 0 saturated heterocycles. The quantitative estimate of drug-likeness (QED) is 0.856. The summed E-state index contributed by atoms with van der Waals surface area (Å²) in [7, 11) is 2.61. The molecule has 3 rings (SSSR count). The Morgan fingerprint density at radius 2 is 2.00 bits per heavy atom. The van der Waals surface area contributed by atoms with Crippen LogP contribution in [0.5, 0.6) is 0 Å². The Morgan fingerprint density at radius 3 is 2.70 bits per heavy atom. The Hall–Kier alpha value is -2.89. The number of pyridine rings is 1. The second-order valence-electron chi connectivity index (χ2n) is 5.46. The van der Waals surface area contributed by atoms with Crippen LogP contribution in [0.4, 0.5) is 5.69 Å². The Labute approximate surface area is 133 Å². The number of hydrogen-bond donors (Lipinski definition) is 1. The van der Waals surface area contributed by atoms with Crippen molar-refractivity contribution in [2.24, 2.45) is 0 Å². The predicted molar refractivity (Wildman–Crippen MR) is 85.8 cm³/mol. The highest BCUT2D eigenvalue weighted by Gasteiger charge is 2.38. The third-order valence-electron chi connectivity index (χ3n) is 3.87. The second kappa shape index (κ2) is 5.39. The Balaban J connectivity index is 2.25. The lowest BCUT2D eigenvalue weighted by Gasteiger charge is -2.32. The zero-order valence-electron chi connectivity index (χ0n) is 13.0. The van der Waals surface area contributed by atoms with Gasteiger partial charge in [-0.25, -0.2) is 9.59 Å². The fraction of sp³-hybridized carbons (Fsp3) is 0.235. The van der Waals surface area contributed by atoms with Gasteiger partial charge in [-0.3, -0.25) is 4.98 Å². The van der Waals surface area contributed by atoms with E-state index in [1.807, 2.05) is 18.2 Å². The normalized spacial score (nSPS) is 19.3. The number of ether oxygens (including phenoxy) is 2. The van der Waals surface area contributed by atoms with E-state index in [4.69, 9.17) is 9.47 Å². The van der Waals surface area contributed by atoms with E-state index in [0.717, 1.165) is 10.9 Å². The zero-order valence-corrected chi connectivity index (χ0v) is 13.0. The Bertz CT molecular complexity index is 844. The largest absolute Gasteiger partial charge is 0.467 e. The van der Waals surface area contributed by atoms with Gasteiger partial charge in [-0.1, -0.05) is 6.07 Å². The van der Waals surface area contributed by atoms with Crippen molar-refractivity contribution < 1.29 is 19.1 Å². The van der Waals surface area contributed by atoms with Gasteiger partial charge in [-0.05, 0) is 31.2 Å². The van der Waals surface area contributed by atoms with Gasteiger partial charge in [0.1, 0.15) is 0 Å². The summed E-state index contributed by atoms with van der Waals surface area (Å²) in [6, 6.07) is 7.40. The predicted octanol–water partition coefficient (Wildman–Crippen LogP) is 2.15. The van der Waals surface area contributed by atoms with Crippen LogP contribution in [0.15, 0.2) is 36.5 Å². The van der Waals surface area contributed by atoms with Crippen molar-refractivity contribution in [2.75, 3.05) is 19.5 Å². The molecule has 23 heavy (non-hydrogen) atoms. The van der Waals surface area contributed by atoms with E-state index in [1.54, 1.807) is 19.2 Å². The number of carbonyl (C=O) groups is 2. The summed E-state index contributed by atoms with van der Waals surface area (Å²) < 4.78 is 9.70. The van der Waals surface area contributed by atoms with E-state index in [9.17, 15) is 9.59 Å². The van der Waals surface area contributed by atoms with E-state index in [0.29, 0.717) is 16.8 Å². The minimum atomic E-state index is -1.15. The van der Waals surface area contributed by atoms with Crippen LogP contribution in [0, 0.1) is 0 Å². The first-order valence-electron chi connectivity index (χ1n) is 7.05. The van der Waals surface area contributed by atoms with Gasteiger partial charge in [0, 0.05) is 22.8 Å². The number of aromatic nitrogens is 1. The van der Waals surface area contributed by atoms with Gasteiger partial charge in [-0.15, -0.1) is 0 Å². The van der Waals surface area contributed by atoms with Crippen LogP contribution < -0.4 is 5.32 Å². The zero-order chi connectivity index (χ0) is 16.6. The number of fused-ring (bicyclic) bond motifs is 2. The van der Waals surface area contributed by atoms with Crippen molar-refractivity contribution in [1.29, 1.82) is 0 Å².